The number of aromatic nitrogens is 2. The van der Waals surface area contributed by atoms with Crippen LogP contribution in [0.15, 0.2) is 0 Å². The van der Waals surface area contributed by atoms with Gasteiger partial charge in [-0.2, -0.15) is 5.10 Å². The van der Waals surface area contributed by atoms with Crippen LogP contribution >= 0.6 is 0 Å². The minimum Gasteiger partial charge on any atom is -0.359 e. The van der Waals surface area contributed by atoms with Crippen LogP contribution in [0.1, 0.15) is 54.4 Å². The van der Waals surface area contributed by atoms with Crippen LogP contribution in [0, 0.1) is 5.41 Å². The normalized spacial score (nSPS) is 24.2. The van der Waals surface area contributed by atoms with Crippen molar-refractivity contribution in [2.24, 2.45) is 12.5 Å². The van der Waals surface area contributed by atoms with Crippen molar-refractivity contribution >= 4 is 11.8 Å². The molecule has 1 aliphatic carbocycles. The molecule has 6 heteroatoms. The molecule has 1 fully saturated rings. The van der Waals surface area contributed by atoms with Crippen LogP contribution in [0.3, 0.4) is 0 Å². The lowest BCUT2D eigenvalue weighted by atomic mass is 9.80. The Morgan fingerprint density at radius 1 is 1.22 bits per heavy atom. The maximum atomic E-state index is 13.1. The Balaban J connectivity index is 1.86. The number of nitrogens with zero attached hydrogens (tertiary/aromatic N) is 3. The van der Waals surface area contributed by atoms with Crippen molar-refractivity contribution in [2.75, 3.05) is 20.1 Å². The molecule has 2 amide bonds. The molecule has 6 nitrogen and oxygen atoms in total. The third-order valence-electron chi connectivity index (χ3n) is 5.28. The largest absolute Gasteiger partial charge is 0.359 e. The molecule has 3 rings (SSSR count). The molecule has 0 bridgehead atoms. The van der Waals surface area contributed by atoms with Crippen molar-refractivity contribution in [3.8, 4) is 0 Å². The van der Waals surface area contributed by atoms with Gasteiger partial charge >= 0.3 is 0 Å². The number of piperidine rings is 1. The van der Waals surface area contributed by atoms with Gasteiger partial charge in [-0.25, -0.2) is 0 Å². The summed E-state index contributed by atoms with van der Waals surface area (Å²) >= 11 is 0. The Hall–Kier alpha value is -1.85. The van der Waals surface area contributed by atoms with Crippen LogP contribution in [0.4, 0.5) is 0 Å². The second kappa shape index (κ2) is 5.98. The fourth-order valence-electron chi connectivity index (χ4n) is 4.00. The summed E-state index contributed by atoms with van der Waals surface area (Å²) in [5.41, 5.74) is 2.42. The number of hydrogen-bond acceptors (Lipinski definition) is 3. The van der Waals surface area contributed by atoms with E-state index in [0.29, 0.717) is 13.1 Å². The second-order valence-corrected chi connectivity index (χ2v) is 7.07. The van der Waals surface area contributed by atoms with Crippen molar-refractivity contribution in [3.05, 3.63) is 17.0 Å². The summed E-state index contributed by atoms with van der Waals surface area (Å²) in [4.78, 5) is 27.1. The van der Waals surface area contributed by atoms with Crippen LogP contribution in [-0.2, 0) is 24.7 Å². The van der Waals surface area contributed by atoms with E-state index in [1.54, 1.807) is 11.7 Å². The molecule has 1 aromatic rings. The average Bonchev–Trinajstić information content (AvgIpc) is 2.89. The fraction of sp³-hybridized carbons (Fsp3) is 0.706. The number of fused-ring (bicyclic) bond motifs is 1. The smallest absolute Gasteiger partial charge is 0.272 e. The molecule has 1 aromatic heterocycles. The van der Waals surface area contributed by atoms with Gasteiger partial charge < -0.3 is 10.2 Å². The van der Waals surface area contributed by atoms with Gasteiger partial charge in [-0.05, 0) is 45.4 Å². The zero-order chi connectivity index (χ0) is 16.6. The molecule has 2 heterocycles. The number of likely N-dealkylation sites (tertiary alicyclic amines) is 1. The summed E-state index contributed by atoms with van der Waals surface area (Å²) in [6, 6.07) is 0. The quantitative estimate of drug-likeness (QED) is 0.893. The first-order valence-corrected chi connectivity index (χ1v) is 8.52. The van der Waals surface area contributed by atoms with Crippen molar-refractivity contribution in [1.82, 2.24) is 20.0 Å². The van der Waals surface area contributed by atoms with Crippen LogP contribution in [0.2, 0.25) is 0 Å². The summed E-state index contributed by atoms with van der Waals surface area (Å²) < 4.78 is 1.74. The van der Waals surface area contributed by atoms with Gasteiger partial charge in [0.1, 0.15) is 5.69 Å². The minimum absolute atomic E-state index is 0.0158. The topological polar surface area (TPSA) is 67.2 Å². The molecule has 1 aliphatic heterocycles. The van der Waals surface area contributed by atoms with E-state index in [1.165, 1.54) is 0 Å². The lowest BCUT2D eigenvalue weighted by molar-refractivity contribution is -0.132. The first-order chi connectivity index (χ1) is 11.0. The predicted octanol–water partition coefficient (Wildman–Crippen LogP) is 1.29. The van der Waals surface area contributed by atoms with E-state index >= 15 is 0 Å². The third kappa shape index (κ3) is 2.75. The lowest BCUT2D eigenvalue weighted by Crippen LogP contribution is -2.51. The highest BCUT2D eigenvalue weighted by Gasteiger charge is 2.40. The Kier molecular flexibility index (Phi) is 4.17. The molecule has 1 unspecified atom stereocenters. The van der Waals surface area contributed by atoms with Crippen molar-refractivity contribution in [3.63, 3.8) is 0 Å². The van der Waals surface area contributed by atoms with Crippen molar-refractivity contribution < 1.29 is 9.59 Å². The Morgan fingerprint density at radius 3 is 2.70 bits per heavy atom. The summed E-state index contributed by atoms with van der Waals surface area (Å²) in [6.45, 7) is 3.14. The van der Waals surface area contributed by atoms with Crippen molar-refractivity contribution in [1.29, 1.82) is 0 Å². The van der Waals surface area contributed by atoms with Gasteiger partial charge in [0.25, 0.3) is 5.91 Å². The zero-order valence-electron chi connectivity index (χ0n) is 14.3. The summed E-state index contributed by atoms with van der Waals surface area (Å²) in [5.74, 6) is 0.0417. The third-order valence-corrected chi connectivity index (χ3v) is 5.28. The Morgan fingerprint density at radius 2 is 1.96 bits per heavy atom. The molecule has 0 radical (unpaired) electrons. The Bertz CT molecular complexity index is 637. The number of carbonyl (C=O) groups is 2. The first-order valence-electron chi connectivity index (χ1n) is 8.52. The van der Waals surface area contributed by atoms with Gasteiger partial charge in [0.15, 0.2) is 0 Å². The van der Waals surface area contributed by atoms with E-state index in [0.717, 1.165) is 55.5 Å². The highest BCUT2D eigenvalue weighted by atomic mass is 16.2. The molecule has 1 atom stereocenters. The fourth-order valence-corrected chi connectivity index (χ4v) is 4.00. The number of carbonyl (C=O) groups excluding carboxylic acids is 2. The molecule has 0 saturated carbocycles. The second-order valence-electron chi connectivity index (χ2n) is 7.07. The van der Waals surface area contributed by atoms with Crippen LogP contribution in [0.25, 0.3) is 0 Å². The van der Waals surface area contributed by atoms with Crippen molar-refractivity contribution in [2.45, 2.75) is 45.4 Å². The summed E-state index contributed by atoms with van der Waals surface area (Å²) in [7, 11) is 3.51. The maximum Gasteiger partial charge on any atom is 0.272 e. The van der Waals surface area contributed by atoms with E-state index in [1.807, 2.05) is 18.9 Å². The predicted molar refractivity (Wildman–Crippen MR) is 87.2 cm³/mol. The molecule has 126 valence electrons. The van der Waals surface area contributed by atoms with E-state index < -0.39 is 5.41 Å². The first kappa shape index (κ1) is 16.0. The van der Waals surface area contributed by atoms with Gasteiger partial charge in [-0.3, -0.25) is 14.3 Å². The number of rotatable bonds is 2. The maximum absolute atomic E-state index is 13.1. The molecule has 1 saturated heterocycles. The van der Waals surface area contributed by atoms with Gasteiger partial charge in [0.2, 0.25) is 5.91 Å². The van der Waals surface area contributed by atoms with E-state index in [4.69, 9.17) is 0 Å². The highest BCUT2D eigenvalue weighted by molar-refractivity contribution is 5.95. The standard InChI is InChI=1S/C17H26N4O2/c1-17(16(23)18-2)9-6-10-21(11-17)15(22)14-12-7-4-5-8-13(12)19-20(14)3/h4-11H2,1-3H3,(H,18,23). The minimum atomic E-state index is -0.499. The number of nitrogens with one attached hydrogen (secondary N) is 1. The molecule has 1 N–H and O–H groups in total. The SMILES string of the molecule is CNC(=O)C1(C)CCCN(C(=O)c2c3c(nn2C)CCCC3)C1. The monoisotopic (exact) mass is 318 g/mol. The number of amides is 2. The number of hydrogen-bond donors (Lipinski definition) is 1. The van der Waals surface area contributed by atoms with E-state index in [2.05, 4.69) is 10.4 Å². The lowest BCUT2D eigenvalue weighted by Gasteiger charge is -2.39. The van der Waals surface area contributed by atoms with Gasteiger partial charge in [0.05, 0.1) is 11.1 Å². The zero-order valence-corrected chi connectivity index (χ0v) is 14.3. The molecular weight excluding hydrogens is 292 g/mol. The van der Waals surface area contributed by atoms with Crippen LogP contribution in [0.5, 0.6) is 0 Å². The van der Waals surface area contributed by atoms with Crippen LogP contribution in [-0.4, -0.2) is 46.6 Å². The molecule has 2 aliphatic rings. The Labute approximate surface area is 137 Å². The molecular formula is C17H26N4O2. The van der Waals surface area contributed by atoms with Crippen LogP contribution < -0.4 is 5.32 Å². The van der Waals surface area contributed by atoms with Gasteiger partial charge in [-0.15, -0.1) is 0 Å². The van der Waals surface area contributed by atoms with E-state index in [9.17, 15) is 9.59 Å². The summed E-state index contributed by atoms with van der Waals surface area (Å²) in [6.07, 6.45) is 5.85. The molecule has 0 aromatic carbocycles. The number of aryl methyl sites for hydroxylation is 2. The van der Waals surface area contributed by atoms with Gasteiger partial charge in [0, 0.05) is 32.7 Å². The van der Waals surface area contributed by atoms with E-state index in [-0.39, 0.29) is 11.8 Å². The average molecular weight is 318 g/mol. The highest BCUT2D eigenvalue weighted by Crippen LogP contribution is 2.32. The molecule has 23 heavy (non-hydrogen) atoms. The molecule has 0 spiro atoms. The van der Waals surface area contributed by atoms with Gasteiger partial charge in [-0.1, -0.05) is 0 Å². The summed E-state index contributed by atoms with van der Waals surface area (Å²) in [5, 5.41) is 7.28.